The van der Waals surface area contributed by atoms with Gasteiger partial charge in [-0.25, -0.2) is 0 Å². The van der Waals surface area contributed by atoms with Crippen molar-refractivity contribution in [3.8, 4) is 6.07 Å². The molecule has 1 aromatic heterocycles. The Morgan fingerprint density at radius 2 is 2.19 bits per heavy atom. The summed E-state index contributed by atoms with van der Waals surface area (Å²) in [5.41, 5.74) is 0.596. The fraction of sp³-hybridized carbons (Fsp3) is 0.417. The number of nitrogens with zero attached hydrogens (tertiary/aromatic N) is 2. The number of carbonyl (C=O) groups is 1. The Labute approximate surface area is 94.3 Å². The van der Waals surface area contributed by atoms with E-state index in [-0.39, 0.29) is 17.9 Å². The van der Waals surface area contributed by atoms with Crippen LogP contribution in [0.25, 0.3) is 0 Å². The molecule has 1 saturated carbocycles. The second-order valence-corrected chi connectivity index (χ2v) is 3.98. The summed E-state index contributed by atoms with van der Waals surface area (Å²) in [5.74, 6) is -0.152. The van der Waals surface area contributed by atoms with Crippen molar-refractivity contribution in [3.63, 3.8) is 0 Å². The maximum absolute atomic E-state index is 11.8. The van der Waals surface area contributed by atoms with Gasteiger partial charge in [-0.3, -0.25) is 9.78 Å². The molecule has 16 heavy (non-hydrogen) atoms. The van der Waals surface area contributed by atoms with Crippen LogP contribution in [0.2, 0.25) is 0 Å². The first kappa shape index (κ1) is 10.6. The third-order valence-electron chi connectivity index (χ3n) is 2.94. The van der Waals surface area contributed by atoms with Crippen molar-refractivity contribution in [2.24, 2.45) is 5.92 Å². The highest BCUT2D eigenvalue weighted by Crippen LogP contribution is 2.24. The molecule has 0 spiro atoms. The topological polar surface area (TPSA) is 65.8 Å². The van der Waals surface area contributed by atoms with Gasteiger partial charge < -0.3 is 5.32 Å². The standard InChI is InChI=1S/C12H13N3O/c13-8-10-2-1-3-11(10)15-12(16)9-4-6-14-7-5-9/h4-7,10-11H,1-3H2,(H,15,16). The molecule has 1 aliphatic rings. The number of nitriles is 1. The molecule has 82 valence electrons. The van der Waals surface area contributed by atoms with Crippen LogP contribution in [0.1, 0.15) is 29.6 Å². The highest BCUT2D eigenvalue weighted by atomic mass is 16.1. The van der Waals surface area contributed by atoms with E-state index in [4.69, 9.17) is 5.26 Å². The molecule has 1 aromatic rings. The van der Waals surface area contributed by atoms with Gasteiger partial charge in [0.2, 0.25) is 0 Å². The van der Waals surface area contributed by atoms with Crippen molar-refractivity contribution in [2.75, 3.05) is 0 Å². The molecule has 1 fully saturated rings. The Hall–Kier alpha value is -1.89. The molecule has 2 unspecified atom stereocenters. The molecule has 1 N–H and O–H groups in total. The Bertz CT molecular complexity index is 410. The molecule has 1 aliphatic carbocycles. The maximum Gasteiger partial charge on any atom is 0.251 e. The van der Waals surface area contributed by atoms with Crippen LogP contribution in [0.15, 0.2) is 24.5 Å². The molecular formula is C12H13N3O. The average Bonchev–Trinajstić information content (AvgIpc) is 2.77. The summed E-state index contributed by atoms with van der Waals surface area (Å²) in [5, 5.41) is 11.8. The van der Waals surface area contributed by atoms with E-state index in [1.165, 1.54) is 0 Å². The number of hydrogen-bond acceptors (Lipinski definition) is 3. The van der Waals surface area contributed by atoms with Crippen molar-refractivity contribution >= 4 is 5.91 Å². The lowest BCUT2D eigenvalue weighted by Gasteiger charge is -2.15. The molecule has 2 atom stereocenters. The summed E-state index contributed by atoms with van der Waals surface area (Å²) in [6.07, 6.45) is 5.98. The first-order valence-electron chi connectivity index (χ1n) is 5.42. The molecule has 1 heterocycles. The van der Waals surface area contributed by atoms with Gasteiger partial charge in [0.1, 0.15) is 0 Å². The van der Waals surface area contributed by atoms with E-state index in [2.05, 4.69) is 16.4 Å². The third kappa shape index (κ3) is 2.19. The van der Waals surface area contributed by atoms with Gasteiger partial charge in [0.25, 0.3) is 5.91 Å². The van der Waals surface area contributed by atoms with Crippen LogP contribution in [0.5, 0.6) is 0 Å². The van der Waals surface area contributed by atoms with Crippen LogP contribution in [0.4, 0.5) is 0 Å². The largest absolute Gasteiger partial charge is 0.348 e. The zero-order valence-electron chi connectivity index (χ0n) is 8.89. The van der Waals surface area contributed by atoms with Crippen LogP contribution in [-0.2, 0) is 0 Å². The molecular weight excluding hydrogens is 202 g/mol. The van der Waals surface area contributed by atoms with E-state index in [0.29, 0.717) is 5.56 Å². The van der Waals surface area contributed by atoms with Crippen LogP contribution in [-0.4, -0.2) is 16.9 Å². The van der Waals surface area contributed by atoms with Gasteiger partial charge in [0.15, 0.2) is 0 Å². The molecule has 0 aliphatic heterocycles. The second-order valence-electron chi connectivity index (χ2n) is 3.98. The fourth-order valence-corrected chi connectivity index (χ4v) is 2.04. The van der Waals surface area contributed by atoms with Gasteiger partial charge in [0, 0.05) is 24.0 Å². The third-order valence-corrected chi connectivity index (χ3v) is 2.94. The zero-order valence-corrected chi connectivity index (χ0v) is 8.89. The molecule has 4 heteroatoms. The first-order valence-corrected chi connectivity index (χ1v) is 5.42. The summed E-state index contributed by atoms with van der Waals surface area (Å²) in [6, 6.07) is 5.59. The van der Waals surface area contributed by atoms with Crippen LogP contribution in [0.3, 0.4) is 0 Å². The van der Waals surface area contributed by atoms with Crippen molar-refractivity contribution in [1.29, 1.82) is 5.26 Å². The first-order chi connectivity index (χ1) is 7.81. The fourth-order valence-electron chi connectivity index (χ4n) is 2.04. The summed E-state index contributed by atoms with van der Waals surface area (Å²) >= 11 is 0. The molecule has 4 nitrogen and oxygen atoms in total. The van der Waals surface area contributed by atoms with E-state index in [1.54, 1.807) is 24.5 Å². The molecule has 0 aromatic carbocycles. The van der Waals surface area contributed by atoms with Crippen molar-refractivity contribution in [2.45, 2.75) is 25.3 Å². The Balaban J connectivity index is 2.01. The van der Waals surface area contributed by atoms with E-state index in [9.17, 15) is 4.79 Å². The molecule has 1 amide bonds. The molecule has 0 radical (unpaired) electrons. The van der Waals surface area contributed by atoms with Gasteiger partial charge in [-0.05, 0) is 31.4 Å². The monoisotopic (exact) mass is 215 g/mol. The number of rotatable bonds is 2. The van der Waals surface area contributed by atoms with Gasteiger partial charge in [-0.1, -0.05) is 0 Å². The van der Waals surface area contributed by atoms with Gasteiger partial charge in [0.05, 0.1) is 12.0 Å². The molecule has 0 saturated heterocycles. The normalized spacial score (nSPS) is 23.7. The lowest BCUT2D eigenvalue weighted by atomic mass is 10.1. The van der Waals surface area contributed by atoms with Crippen molar-refractivity contribution in [1.82, 2.24) is 10.3 Å². The van der Waals surface area contributed by atoms with E-state index >= 15 is 0 Å². The molecule has 2 rings (SSSR count). The lowest BCUT2D eigenvalue weighted by Crippen LogP contribution is -2.36. The number of aromatic nitrogens is 1. The van der Waals surface area contributed by atoms with E-state index < -0.39 is 0 Å². The lowest BCUT2D eigenvalue weighted by molar-refractivity contribution is 0.0932. The van der Waals surface area contributed by atoms with Crippen LogP contribution in [0, 0.1) is 17.2 Å². The van der Waals surface area contributed by atoms with Gasteiger partial charge >= 0.3 is 0 Å². The maximum atomic E-state index is 11.8. The number of nitrogens with one attached hydrogen (secondary N) is 1. The smallest absolute Gasteiger partial charge is 0.251 e. The zero-order chi connectivity index (χ0) is 11.4. The minimum absolute atomic E-state index is 0.00525. The quantitative estimate of drug-likeness (QED) is 0.813. The van der Waals surface area contributed by atoms with Gasteiger partial charge in [-0.15, -0.1) is 0 Å². The van der Waals surface area contributed by atoms with Crippen LogP contribution < -0.4 is 5.32 Å². The highest BCUT2D eigenvalue weighted by Gasteiger charge is 2.28. The number of amides is 1. The summed E-state index contributed by atoms with van der Waals surface area (Å²) in [7, 11) is 0. The van der Waals surface area contributed by atoms with Crippen LogP contribution >= 0.6 is 0 Å². The van der Waals surface area contributed by atoms with Crippen molar-refractivity contribution < 1.29 is 4.79 Å². The number of carbonyl (C=O) groups excluding carboxylic acids is 1. The van der Waals surface area contributed by atoms with Crippen molar-refractivity contribution in [3.05, 3.63) is 30.1 Å². The predicted octanol–water partition coefficient (Wildman–Crippen LogP) is 1.50. The highest BCUT2D eigenvalue weighted by molar-refractivity contribution is 5.94. The minimum atomic E-state index is -0.116. The Morgan fingerprint density at radius 1 is 1.44 bits per heavy atom. The summed E-state index contributed by atoms with van der Waals surface area (Å²) in [4.78, 5) is 15.7. The summed E-state index contributed by atoms with van der Waals surface area (Å²) in [6.45, 7) is 0. The second kappa shape index (κ2) is 4.75. The van der Waals surface area contributed by atoms with E-state index in [1.807, 2.05) is 0 Å². The number of hydrogen-bond donors (Lipinski definition) is 1. The summed E-state index contributed by atoms with van der Waals surface area (Å²) < 4.78 is 0. The number of pyridine rings is 1. The SMILES string of the molecule is N#CC1CCCC1NC(=O)c1ccncc1. The van der Waals surface area contributed by atoms with E-state index in [0.717, 1.165) is 19.3 Å². The Morgan fingerprint density at radius 3 is 2.88 bits per heavy atom. The predicted molar refractivity (Wildman–Crippen MR) is 58.4 cm³/mol. The molecule has 0 bridgehead atoms. The Kier molecular flexibility index (Phi) is 3.16. The average molecular weight is 215 g/mol. The minimum Gasteiger partial charge on any atom is -0.348 e. The van der Waals surface area contributed by atoms with Gasteiger partial charge in [-0.2, -0.15) is 5.26 Å².